The lowest BCUT2D eigenvalue weighted by atomic mass is 10.1. The Kier molecular flexibility index (Phi) is 3.90. The molecule has 1 aromatic carbocycles. The van der Waals surface area contributed by atoms with Crippen LogP contribution in [-0.2, 0) is 6.61 Å². The van der Waals surface area contributed by atoms with Crippen molar-refractivity contribution >= 4 is 16.4 Å². The van der Waals surface area contributed by atoms with Gasteiger partial charge in [-0.05, 0) is 31.2 Å². The maximum atomic E-state index is 14.7. The molecule has 0 amide bonds. The fraction of sp³-hybridized carbons (Fsp3) is 0.105. The highest BCUT2D eigenvalue weighted by molar-refractivity contribution is 5.97. The number of hydrogen-bond acceptors (Lipinski definition) is 7. The monoisotopic (exact) mass is 394 g/mol. The highest BCUT2D eigenvalue weighted by Gasteiger charge is 2.23. The molecule has 0 saturated carbocycles. The average molecular weight is 394 g/mol. The van der Waals surface area contributed by atoms with Crippen LogP contribution in [0.15, 0.2) is 47.1 Å². The maximum Gasteiger partial charge on any atom is 0.243 e. The van der Waals surface area contributed by atoms with Crippen molar-refractivity contribution < 1.29 is 18.0 Å². The molecular weight excluding hydrogens is 382 g/mol. The number of halogens is 2. The molecular formula is C19H12F2N6O2. The van der Waals surface area contributed by atoms with Gasteiger partial charge in [0.05, 0.1) is 16.5 Å². The van der Waals surface area contributed by atoms with Crippen molar-refractivity contribution in [2.24, 2.45) is 0 Å². The second-order valence-corrected chi connectivity index (χ2v) is 6.28. The quantitative estimate of drug-likeness (QED) is 0.461. The molecule has 0 aliphatic rings. The van der Waals surface area contributed by atoms with Crippen molar-refractivity contribution in [1.82, 2.24) is 30.0 Å². The molecule has 0 spiro atoms. The van der Waals surface area contributed by atoms with Crippen LogP contribution in [0.2, 0.25) is 0 Å². The molecule has 0 bridgehead atoms. The van der Waals surface area contributed by atoms with Crippen LogP contribution in [0, 0.1) is 18.6 Å². The van der Waals surface area contributed by atoms with Gasteiger partial charge in [0.15, 0.2) is 11.3 Å². The van der Waals surface area contributed by atoms with Crippen LogP contribution in [0.1, 0.15) is 11.5 Å². The van der Waals surface area contributed by atoms with Gasteiger partial charge in [-0.15, -0.1) is 15.3 Å². The topological polar surface area (TPSA) is 91.2 Å². The Morgan fingerprint density at radius 3 is 2.62 bits per heavy atom. The summed E-state index contributed by atoms with van der Waals surface area (Å²) in [6, 6.07) is 8.99. The Bertz CT molecular complexity index is 1350. The fourth-order valence-corrected chi connectivity index (χ4v) is 3.01. The minimum Gasteiger partial charge on any atom is -0.470 e. The molecule has 0 fully saturated rings. The Hall–Kier alpha value is -3.95. The van der Waals surface area contributed by atoms with Gasteiger partial charge in [-0.3, -0.25) is 4.98 Å². The Balaban J connectivity index is 1.74. The van der Waals surface area contributed by atoms with E-state index in [-0.39, 0.29) is 34.7 Å². The van der Waals surface area contributed by atoms with E-state index in [4.69, 9.17) is 9.26 Å². The van der Waals surface area contributed by atoms with E-state index in [1.54, 1.807) is 37.4 Å². The molecule has 5 rings (SSSR count). The normalized spacial score (nSPS) is 11.4. The molecule has 0 radical (unpaired) electrons. The van der Waals surface area contributed by atoms with Crippen LogP contribution in [0.5, 0.6) is 5.88 Å². The number of aryl methyl sites for hydroxylation is 1. The lowest BCUT2D eigenvalue weighted by molar-refractivity contribution is 0.288. The predicted molar refractivity (Wildman–Crippen MR) is 97.0 cm³/mol. The van der Waals surface area contributed by atoms with Crippen molar-refractivity contribution in [2.45, 2.75) is 13.5 Å². The van der Waals surface area contributed by atoms with Gasteiger partial charge in [-0.1, -0.05) is 11.2 Å². The van der Waals surface area contributed by atoms with E-state index in [9.17, 15) is 8.78 Å². The van der Waals surface area contributed by atoms with Crippen LogP contribution >= 0.6 is 0 Å². The number of fused-ring (bicyclic) bond motifs is 3. The zero-order chi connectivity index (χ0) is 20.0. The first kappa shape index (κ1) is 17.2. The Morgan fingerprint density at radius 2 is 1.90 bits per heavy atom. The lowest BCUT2D eigenvalue weighted by Crippen LogP contribution is -2.06. The third-order valence-electron chi connectivity index (χ3n) is 4.31. The largest absolute Gasteiger partial charge is 0.470 e. The van der Waals surface area contributed by atoms with Crippen LogP contribution in [0.3, 0.4) is 0 Å². The highest BCUT2D eigenvalue weighted by Crippen LogP contribution is 2.32. The van der Waals surface area contributed by atoms with Gasteiger partial charge in [-0.2, -0.15) is 4.52 Å². The van der Waals surface area contributed by atoms with Gasteiger partial charge in [-0.25, -0.2) is 8.78 Å². The predicted octanol–water partition coefficient (Wildman–Crippen LogP) is 3.49. The molecule has 0 atom stereocenters. The molecule has 4 heterocycles. The first-order chi connectivity index (χ1) is 14.1. The summed E-state index contributed by atoms with van der Waals surface area (Å²) >= 11 is 0. The van der Waals surface area contributed by atoms with Crippen molar-refractivity contribution in [3.8, 4) is 17.4 Å². The molecule has 5 aromatic rings. The van der Waals surface area contributed by atoms with Crippen LogP contribution < -0.4 is 4.74 Å². The molecule has 29 heavy (non-hydrogen) atoms. The summed E-state index contributed by atoms with van der Waals surface area (Å²) in [5.74, 6) is -0.705. The zero-order valence-corrected chi connectivity index (χ0v) is 15.0. The summed E-state index contributed by atoms with van der Waals surface area (Å²) in [6.45, 7) is 1.74. The van der Waals surface area contributed by atoms with Gasteiger partial charge >= 0.3 is 0 Å². The summed E-state index contributed by atoms with van der Waals surface area (Å²) < 4.78 is 41.3. The van der Waals surface area contributed by atoms with E-state index in [0.717, 1.165) is 12.1 Å². The van der Waals surface area contributed by atoms with Gasteiger partial charge in [0.2, 0.25) is 11.7 Å². The second kappa shape index (κ2) is 6.59. The molecule has 0 aliphatic carbocycles. The first-order valence-electron chi connectivity index (χ1n) is 8.61. The van der Waals surface area contributed by atoms with E-state index in [1.165, 1.54) is 4.52 Å². The molecule has 4 aromatic heterocycles. The fourth-order valence-electron chi connectivity index (χ4n) is 3.01. The Morgan fingerprint density at radius 1 is 1.07 bits per heavy atom. The summed E-state index contributed by atoms with van der Waals surface area (Å²) in [4.78, 5) is 4.16. The van der Waals surface area contributed by atoms with Crippen LogP contribution in [0.25, 0.3) is 27.9 Å². The summed E-state index contributed by atoms with van der Waals surface area (Å²) in [5, 5.41) is 16.0. The third-order valence-corrected chi connectivity index (χ3v) is 4.31. The molecule has 144 valence electrons. The number of ether oxygens (including phenoxy) is 1. The van der Waals surface area contributed by atoms with Gasteiger partial charge in [0.25, 0.3) is 0 Å². The summed E-state index contributed by atoms with van der Waals surface area (Å²) in [5.41, 5.74) is 1.00. The standard InChI is InChI=1S/C19H12F2N6O2/c1-10-8-14(26-29-10)17-23-24-18-15-12(20)5-6-13(21)16(15)19(25-27(17)18)28-9-11-4-2-3-7-22-11/h2-8H,9H2,1H3. The van der Waals surface area contributed by atoms with Crippen molar-refractivity contribution in [2.75, 3.05) is 0 Å². The van der Waals surface area contributed by atoms with E-state index >= 15 is 0 Å². The SMILES string of the molecule is Cc1cc(-c2nnc3c4c(F)ccc(F)c4c(OCc4ccccn4)nn23)no1. The lowest BCUT2D eigenvalue weighted by Gasteiger charge is -2.10. The first-order valence-corrected chi connectivity index (χ1v) is 8.61. The number of hydrogen-bond donors (Lipinski definition) is 0. The van der Waals surface area contributed by atoms with Crippen LogP contribution in [0.4, 0.5) is 8.78 Å². The number of rotatable bonds is 4. The van der Waals surface area contributed by atoms with Gasteiger partial charge < -0.3 is 9.26 Å². The molecule has 0 saturated heterocycles. The average Bonchev–Trinajstić information content (AvgIpc) is 3.35. The molecule has 0 N–H and O–H groups in total. The van der Waals surface area contributed by atoms with Gasteiger partial charge in [0.1, 0.15) is 24.0 Å². The highest BCUT2D eigenvalue weighted by atomic mass is 19.1. The van der Waals surface area contributed by atoms with E-state index < -0.39 is 11.6 Å². The molecule has 10 heteroatoms. The second-order valence-electron chi connectivity index (χ2n) is 6.28. The third kappa shape index (κ3) is 2.85. The smallest absolute Gasteiger partial charge is 0.243 e. The van der Waals surface area contributed by atoms with E-state index in [0.29, 0.717) is 17.1 Å². The molecule has 0 aliphatic heterocycles. The number of pyridine rings is 1. The van der Waals surface area contributed by atoms with Crippen molar-refractivity contribution in [3.05, 3.63) is 65.7 Å². The molecule has 8 nitrogen and oxygen atoms in total. The van der Waals surface area contributed by atoms with Gasteiger partial charge in [0, 0.05) is 12.3 Å². The van der Waals surface area contributed by atoms with Crippen molar-refractivity contribution in [3.63, 3.8) is 0 Å². The Labute approximate surface area is 161 Å². The number of nitrogens with zero attached hydrogens (tertiary/aromatic N) is 6. The van der Waals surface area contributed by atoms with E-state index in [1.807, 2.05) is 0 Å². The minimum absolute atomic E-state index is 0.0188. The van der Waals surface area contributed by atoms with E-state index in [2.05, 4.69) is 25.4 Å². The van der Waals surface area contributed by atoms with Crippen LogP contribution in [-0.4, -0.2) is 30.0 Å². The zero-order valence-electron chi connectivity index (χ0n) is 15.0. The van der Waals surface area contributed by atoms with Crippen molar-refractivity contribution in [1.29, 1.82) is 0 Å². The minimum atomic E-state index is -0.686. The summed E-state index contributed by atoms with van der Waals surface area (Å²) in [6.07, 6.45) is 1.61. The number of benzene rings is 1. The molecule has 0 unspecified atom stereocenters. The maximum absolute atomic E-state index is 14.7. The number of aromatic nitrogens is 6. The summed E-state index contributed by atoms with van der Waals surface area (Å²) in [7, 11) is 0.